The average molecular weight is 366 g/mol. The lowest BCUT2D eigenvalue weighted by molar-refractivity contribution is -0.0137. The number of aromatic nitrogens is 1. The maximum Gasteiger partial charge on any atom is 0.333 e. The lowest BCUT2D eigenvalue weighted by Crippen LogP contribution is -2.62. The Bertz CT molecular complexity index is 881. The number of carbonyl (C=O) groups is 2. The van der Waals surface area contributed by atoms with Gasteiger partial charge in [0.2, 0.25) is 0 Å². The third kappa shape index (κ3) is 2.87. The number of nitrogens with one attached hydrogen (secondary N) is 3. The first-order valence-corrected chi connectivity index (χ1v) is 9.94. The minimum Gasteiger partial charge on any atom is -0.350 e. The van der Waals surface area contributed by atoms with Gasteiger partial charge in [-0.2, -0.15) is 0 Å². The second-order valence-electron chi connectivity index (χ2n) is 8.90. The second-order valence-corrected chi connectivity index (χ2v) is 8.90. The van der Waals surface area contributed by atoms with Crippen molar-refractivity contribution in [2.75, 3.05) is 0 Å². The van der Waals surface area contributed by atoms with Gasteiger partial charge in [0.25, 0.3) is 5.91 Å². The quantitative estimate of drug-likeness (QED) is 0.715. The number of rotatable bonds is 2. The normalized spacial score (nSPS) is 31.1. The molecule has 0 unspecified atom stereocenters. The Hall–Kier alpha value is -2.50. The Morgan fingerprint density at radius 2 is 1.63 bits per heavy atom. The highest BCUT2D eigenvalue weighted by Crippen LogP contribution is 2.55. The Balaban J connectivity index is 1.24. The highest BCUT2D eigenvalue weighted by atomic mass is 16.2. The number of para-hydroxylation sites is 1. The molecule has 6 heteroatoms. The van der Waals surface area contributed by atoms with Crippen LogP contribution in [0.1, 0.15) is 48.9 Å². The zero-order valence-corrected chi connectivity index (χ0v) is 15.6. The van der Waals surface area contributed by atoms with Crippen LogP contribution in [-0.4, -0.2) is 22.0 Å². The van der Waals surface area contributed by atoms with Gasteiger partial charge in [-0.15, -0.1) is 0 Å². The molecule has 4 aliphatic rings. The van der Waals surface area contributed by atoms with Crippen LogP contribution < -0.4 is 16.2 Å². The number of benzene rings is 1. The van der Waals surface area contributed by atoms with E-state index in [4.69, 9.17) is 0 Å². The van der Waals surface area contributed by atoms with Crippen LogP contribution >= 0.6 is 0 Å². The summed E-state index contributed by atoms with van der Waals surface area (Å²) in [6.07, 6.45) is 9.05. The number of hydrazine groups is 1. The number of amides is 3. The largest absolute Gasteiger partial charge is 0.350 e. The molecule has 3 N–H and O–H groups in total. The molecule has 0 aliphatic heterocycles. The maximum atomic E-state index is 12.6. The molecule has 0 atom stereocenters. The molecule has 4 aliphatic carbocycles. The predicted octanol–water partition coefficient (Wildman–Crippen LogP) is 3.09. The van der Waals surface area contributed by atoms with E-state index < -0.39 is 0 Å². The standard InChI is InChI=1S/C21H26N4O2/c1-25-12-17(16-4-2-3-5-18(16)25)19(26)23-24-20(27)22-21-9-13-6-14(10-21)8-15(7-13)11-21/h2-5,12-15H,6-11H2,1H3,(H,23,26)(H2,22,24,27). The molecule has 6 rings (SSSR count). The number of carbonyl (C=O) groups excluding carboxylic acids is 2. The third-order valence-corrected chi connectivity index (χ3v) is 6.85. The first kappa shape index (κ1) is 16.7. The highest BCUT2D eigenvalue weighted by Gasteiger charge is 2.51. The summed E-state index contributed by atoms with van der Waals surface area (Å²) in [4.78, 5) is 25.1. The van der Waals surface area contributed by atoms with E-state index in [0.717, 1.165) is 47.9 Å². The molecule has 1 heterocycles. The summed E-state index contributed by atoms with van der Waals surface area (Å²) < 4.78 is 1.92. The molecule has 0 radical (unpaired) electrons. The summed E-state index contributed by atoms with van der Waals surface area (Å²) in [7, 11) is 1.91. The molecular weight excluding hydrogens is 340 g/mol. The van der Waals surface area contributed by atoms with E-state index in [-0.39, 0.29) is 17.5 Å². The summed E-state index contributed by atoms with van der Waals surface area (Å²) >= 11 is 0. The van der Waals surface area contributed by atoms with Gasteiger partial charge in [0.15, 0.2) is 0 Å². The molecule has 1 aromatic heterocycles. The van der Waals surface area contributed by atoms with Gasteiger partial charge in [0, 0.05) is 29.7 Å². The van der Waals surface area contributed by atoms with E-state index >= 15 is 0 Å². The second kappa shape index (κ2) is 6.01. The highest BCUT2D eigenvalue weighted by molar-refractivity contribution is 6.07. The van der Waals surface area contributed by atoms with Crippen molar-refractivity contribution in [3.05, 3.63) is 36.0 Å². The van der Waals surface area contributed by atoms with Gasteiger partial charge in [-0.3, -0.25) is 10.2 Å². The number of fused-ring (bicyclic) bond motifs is 1. The van der Waals surface area contributed by atoms with Crippen molar-refractivity contribution in [2.45, 2.75) is 44.1 Å². The first-order valence-electron chi connectivity index (χ1n) is 9.94. The van der Waals surface area contributed by atoms with Gasteiger partial charge in [0.1, 0.15) is 0 Å². The van der Waals surface area contributed by atoms with Crippen LogP contribution in [0.25, 0.3) is 10.9 Å². The molecule has 4 fully saturated rings. The van der Waals surface area contributed by atoms with Crippen LogP contribution in [0.2, 0.25) is 0 Å². The number of aryl methyl sites for hydroxylation is 1. The van der Waals surface area contributed by atoms with Gasteiger partial charge in [0.05, 0.1) is 5.56 Å². The smallest absolute Gasteiger partial charge is 0.333 e. The molecule has 27 heavy (non-hydrogen) atoms. The zero-order valence-electron chi connectivity index (χ0n) is 15.6. The fraction of sp³-hybridized carbons (Fsp3) is 0.524. The van der Waals surface area contributed by atoms with Gasteiger partial charge in [-0.05, 0) is 62.3 Å². The number of urea groups is 1. The molecular formula is C21H26N4O2. The molecule has 6 nitrogen and oxygen atoms in total. The van der Waals surface area contributed by atoms with Crippen molar-refractivity contribution in [1.82, 2.24) is 20.7 Å². The summed E-state index contributed by atoms with van der Waals surface area (Å²) in [5.41, 5.74) is 6.62. The minimum atomic E-state index is -0.300. The van der Waals surface area contributed by atoms with Crippen molar-refractivity contribution < 1.29 is 9.59 Å². The third-order valence-electron chi connectivity index (χ3n) is 6.85. The summed E-state index contributed by atoms with van der Waals surface area (Å²) in [5.74, 6) is 2.00. The summed E-state index contributed by atoms with van der Waals surface area (Å²) in [6, 6.07) is 7.44. The lowest BCUT2D eigenvalue weighted by atomic mass is 9.53. The molecule has 0 saturated heterocycles. The maximum absolute atomic E-state index is 12.6. The molecule has 4 saturated carbocycles. The van der Waals surface area contributed by atoms with Crippen LogP contribution in [0.3, 0.4) is 0 Å². The van der Waals surface area contributed by atoms with Crippen molar-refractivity contribution in [2.24, 2.45) is 24.8 Å². The Labute approximate surface area is 158 Å². The van der Waals surface area contributed by atoms with E-state index in [1.54, 1.807) is 6.20 Å². The lowest BCUT2D eigenvalue weighted by Gasteiger charge is -2.56. The van der Waals surface area contributed by atoms with Crippen molar-refractivity contribution >= 4 is 22.8 Å². The molecule has 4 bridgehead atoms. The van der Waals surface area contributed by atoms with Crippen molar-refractivity contribution in [3.8, 4) is 0 Å². The van der Waals surface area contributed by atoms with E-state index in [1.807, 2.05) is 35.9 Å². The van der Waals surface area contributed by atoms with E-state index in [0.29, 0.717) is 5.56 Å². The Morgan fingerprint density at radius 3 is 2.30 bits per heavy atom. The molecule has 142 valence electrons. The fourth-order valence-electron chi connectivity index (χ4n) is 6.24. The van der Waals surface area contributed by atoms with Gasteiger partial charge in [-0.1, -0.05) is 18.2 Å². The summed E-state index contributed by atoms with van der Waals surface area (Å²) in [6.45, 7) is 0. The van der Waals surface area contributed by atoms with Crippen LogP contribution in [0, 0.1) is 17.8 Å². The minimum absolute atomic E-state index is 0.0665. The molecule has 3 amide bonds. The number of hydrogen-bond acceptors (Lipinski definition) is 2. The van der Waals surface area contributed by atoms with Gasteiger partial charge < -0.3 is 9.88 Å². The topological polar surface area (TPSA) is 75.2 Å². The molecule has 2 aromatic rings. The van der Waals surface area contributed by atoms with Crippen LogP contribution in [0.4, 0.5) is 4.79 Å². The van der Waals surface area contributed by atoms with E-state index in [2.05, 4.69) is 16.2 Å². The van der Waals surface area contributed by atoms with Gasteiger partial charge in [-0.25, -0.2) is 10.2 Å². The number of hydrogen-bond donors (Lipinski definition) is 3. The Kier molecular flexibility index (Phi) is 3.71. The number of nitrogens with zero attached hydrogens (tertiary/aromatic N) is 1. The zero-order chi connectivity index (χ0) is 18.6. The Morgan fingerprint density at radius 1 is 1.00 bits per heavy atom. The fourth-order valence-corrected chi connectivity index (χ4v) is 6.24. The van der Waals surface area contributed by atoms with Crippen LogP contribution in [0.15, 0.2) is 30.5 Å². The predicted molar refractivity (Wildman–Crippen MR) is 103 cm³/mol. The summed E-state index contributed by atoms with van der Waals surface area (Å²) in [5, 5.41) is 4.08. The molecule has 1 aromatic carbocycles. The monoisotopic (exact) mass is 366 g/mol. The molecule has 0 spiro atoms. The van der Waals surface area contributed by atoms with Crippen LogP contribution in [0.5, 0.6) is 0 Å². The van der Waals surface area contributed by atoms with Gasteiger partial charge >= 0.3 is 6.03 Å². The average Bonchev–Trinajstić information content (AvgIpc) is 2.95. The SMILES string of the molecule is Cn1cc(C(=O)NNC(=O)NC23CC4CC(CC(C4)C2)C3)c2ccccc21. The van der Waals surface area contributed by atoms with E-state index in [1.165, 1.54) is 19.3 Å². The first-order chi connectivity index (χ1) is 13.0. The van der Waals surface area contributed by atoms with Crippen molar-refractivity contribution in [1.29, 1.82) is 0 Å². The van der Waals surface area contributed by atoms with Crippen LogP contribution in [-0.2, 0) is 7.05 Å². The van der Waals surface area contributed by atoms with Crippen molar-refractivity contribution in [3.63, 3.8) is 0 Å². The van der Waals surface area contributed by atoms with E-state index in [9.17, 15) is 9.59 Å².